The number of pyridine rings is 1. The summed E-state index contributed by atoms with van der Waals surface area (Å²) in [5.74, 6) is 0.145. The standard InChI is InChI=1S/C20H27N3O/c1-15(20(24)22-18-9-4-3-5-10-18)23(2)14-17-8-6-7-16-13-21-12-11-19(16)17/h6-8,11-13,15,18H,3-5,9-10,14H2,1-2H3,(H,22,24). The van der Waals surface area contributed by atoms with Crippen molar-refractivity contribution in [3.05, 3.63) is 42.2 Å². The summed E-state index contributed by atoms with van der Waals surface area (Å²) in [6.45, 7) is 2.74. The average Bonchev–Trinajstić information content (AvgIpc) is 2.62. The van der Waals surface area contributed by atoms with Crippen LogP contribution in [0.1, 0.15) is 44.6 Å². The lowest BCUT2D eigenvalue weighted by Gasteiger charge is -2.28. The molecular weight excluding hydrogens is 298 g/mol. The van der Waals surface area contributed by atoms with Gasteiger partial charge < -0.3 is 5.32 Å². The van der Waals surface area contributed by atoms with Crippen LogP contribution in [0, 0.1) is 0 Å². The summed E-state index contributed by atoms with van der Waals surface area (Å²) >= 11 is 0. The Morgan fingerprint density at radius 2 is 2.08 bits per heavy atom. The summed E-state index contributed by atoms with van der Waals surface area (Å²) in [6.07, 6.45) is 9.73. The van der Waals surface area contributed by atoms with E-state index in [-0.39, 0.29) is 11.9 Å². The summed E-state index contributed by atoms with van der Waals surface area (Å²) in [7, 11) is 2.02. The van der Waals surface area contributed by atoms with Crippen LogP contribution in [-0.2, 0) is 11.3 Å². The molecule has 1 aliphatic carbocycles. The van der Waals surface area contributed by atoms with Gasteiger partial charge in [0.05, 0.1) is 6.04 Å². The van der Waals surface area contributed by atoms with E-state index >= 15 is 0 Å². The number of benzene rings is 1. The largest absolute Gasteiger partial charge is 0.352 e. The van der Waals surface area contributed by atoms with Gasteiger partial charge in [-0.15, -0.1) is 0 Å². The predicted molar refractivity (Wildman–Crippen MR) is 97.7 cm³/mol. The molecule has 1 aromatic heterocycles. The molecule has 0 spiro atoms. The Hall–Kier alpha value is -1.94. The number of hydrogen-bond acceptors (Lipinski definition) is 3. The van der Waals surface area contributed by atoms with E-state index in [9.17, 15) is 4.79 Å². The molecule has 1 unspecified atom stereocenters. The van der Waals surface area contributed by atoms with E-state index in [1.807, 2.05) is 32.4 Å². The highest BCUT2D eigenvalue weighted by Crippen LogP contribution is 2.20. The lowest BCUT2D eigenvalue weighted by atomic mass is 9.95. The van der Waals surface area contributed by atoms with Crippen molar-refractivity contribution >= 4 is 16.7 Å². The Kier molecular flexibility index (Phi) is 5.46. The molecule has 1 N–H and O–H groups in total. The Morgan fingerprint density at radius 1 is 1.29 bits per heavy atom. The van der Waals surface area contributed by atoms with Crippen LogP contribution in [0.15, 0.2) is 36.7 Å². The van der Waals surface area contributed by atoms with Crippen molar-refractivity contribution in [2.24, 2.45) is 0 Å². The number of carbonyl (C=O) groups excluding carboxylic acids is 1. The van der Waals surface area contributed by atoms with Crippen molar-refractivity contribution in [1.29, 1.82) is 0 Å². The summed E-state index contributed by atoms with van der Waals surface area (Å²) in [6, 6.07) is 8.54. The van der Waals surface area contributed by atoms with Crippen molar-refractivity contribution in [1.82, 2.24) is 15.2 Å². The van der Waals surface area contributed by atoms with Crippen molar-refractivity contribution < 1.29 is 4.79 Å². The number of likely N-dealkylation sites (N-methyl/N-ethyl adjacent to an activating group) is 1. The molecule has 1 amide bonds. The van der Waals surface area contributed by atoms with Crippen LogP contribution in [0.3, 0.4) is 0 Å². The van der Waals surface area contributed by atoms with E-state index in [2.05, 4.69) is 33.4 Å². The van der Waals surface area contributed by atoms with E-state index in [1.165, 1.54) is 30.2 Å². The van der Waals surface area contributed by atoms with Gasteiger partial charge in [0.1, 0.15) is 0 Å². The third-order valence-corrected chi connectivity index (χ3v) is 5.18. The van der Waals surface area contributed by atoms with Gasteiger partial charge in [0.25, 0.3) is 0 Å². The fourth-order valence-electron chi connectivity index (χ4n) is 3.50. The first kappa shape index (κ1) is 16.9. The zero-order chi connectivity index (χ0) is 16.9. The molecule has 1 saturated carbocycles. The van der Waals surface area contributed by atoms with E-state index in [0.29, 0.717) is 6.04 Å². The Balaban J connectivity index is 1.64. The Morgan fingerprint density at radius 3 is 2.88 bits per heavy atom. The van der Waals surface area contributed by atoms with Crippen molar-refractivity contribution in [3.8, 4) is 0 Å². The van der Waals surface area contributed by atoms with Gasteiger partial charge in [-0.05, 0) is 43.8 Å². The predicted octanol–water partition coefficient (Wildman–Crippen LogP) is 3.50. The van der Waals surface area contributed by atoms with Gasteiger partial charge in [0.15, 0.2) is 0 Å². The van der Waals surface area contributed by atoms with Crippen molar-refractivity contribution in [3.63, 3.8) is 0 Å². The maximum atomic E-state index is 12.5. The fourth-order valence-corrected chi connectivity index (χ4v) is 3.50. The van der Waals surface area contributed by atoms with E-state index in [0.717, 1.165) is 24.8 Å². The minimum Gasteiger partial charge on any atom is -0.352 e. The number of nitrogens with one attached hydrogen (secondary N) is 1. The maximum Gasteiger partial charge on any atom is 0.237 e. The monoisotopic (exact) mass is 325 g/mol. The van der Waals surface area contributed by atoms with Crippen LogP contribution in [-0.4, -0.2) is 34.9 Å². The molecule has 4 nitrogen and oxygen atoms in total. The molecule has 3 rings (SSSR count). The highest BCUT2D eigenvalue weighted by atomic mass is 16.2. The van der Waals surface area contributed by atoms with Crippen LogP contribution in [0.25, 0.3) is 10.8 Å². The summed E-state index contributed by atoms with van der Waals surface area (Å²) < 4.78 is 0. The summed E-state index contributed by atoms with van der Waals surface area (Å²) in [5, 5.41) is 5.58. The van der Waals surface area contributed by atoms with Crippen LogP contribution < -0.4 is 5.32 Å². The van der Waals surface area contributed by atoms with Crippen molar-refractivity contribution in [2.45, 2.75) is 57.7 Å². The van der Waals surface area contributed by atoms with Crippen LogP contribution in [0.5, 0.6) is 0 Å². The zero-order valence-corrected chi connectivity index (χ0v) is 14.7. The van der Waals surface area contributed by atoms with Crippen LogP contribution in [0.4, 0.5) is 0 Å². The van der Waals surface area contributed by atoms with Crippen LogP contribution in [0.2, 0.25) is 0 Å². The molecule has 24 heavy (non-hydrogen) atoms. The molecule has 1 atom stereocenters. The maximum absolute atomic E-state index is 12.5. The van der Waals surface area contributed by atoms with Gasteiger partial charge in [0, 0.05) is 30.4 Å². The molecule has 1 aliphatic rings. The van der Waals surface area contributed by atoms with Crippen molar-refractivity contribution in [2.75, 3.05) is 7.05 Å². The third-order valence-electron chi connectivity index (χ3n) is 5.18. The molecule has 4 heteroatoms. The normalized spacial score (nSPS) is 17.1. The van der Waals surface area contributed by atoms with Gasteiger partial charge in [-0.3, -0.25) is 14.7 Å². The Bertz CT molecular complexity index is 689. The topological polar surface area (TPSA) is 45.2 Å². The Labute approximate surface area is 144 Å². The lowest BCUT2D eigenvalue weighted by Crippen LogP contribution is -2.47. The number of aromatic nitrogens is 1. The first-order chi connectivity index (χ1) is 11.6. The molecule has 1 aromatic carbocycles. The van der Waals surface area contributed by atoms with Gasteiger partial charge >= 0.3 is 0 Å². The molecule has 1 heterocycles. The molecule has 1 fully saturated rings. The SMILES string of the molecule is CC(C(=O)NC1CCCCC1)N(C)Cc1cccc2cnccc12. The smallest absolute Gasteiger partial charge is 0.237 e. The minimum absolute atomic E-state index is 0.135. The molecule has 2 aromatic rings. The van der Waals surface area contributed by atoms with E-state index < -0.39 is 0 Å². The molecule has 0 radical (unpaired) electrons. The second-order valence-electron chi connectivity index (χ2n) is 6.95. The van der Waals surface area contributed by atoms with Gasteiger partial charge in [-0.2, -0.15) is 0 Å². The van der Waals surface area contributed by atoms with Crippen LogP contribution >= 0.6 is 0 Å². The number of carbonyl (C=O) groups is 1. The van der Waals surface area contributed by atoms with E-state index in [4.69, 9.17) is 0 Å². The average molecular weight is 325 g/mol. The van der Waals surface area contributed by atoms with Gasteiger partial charge in [-0.25, -0.2) is 0 Å². The van der Waals surface area contributed by atoms with Gasteiger partial charge in [0.2, 0.25) is 5.91 Å². The summed E-state index contributed by atoms with van der Waals surface area (Å²) in [4.78, 5) is 18.8. The molecule has 0 bridgehead atoms. The number of hydrogen-bond donors (Lipinski definition) is 1. The second kappa shape index (κ2) is 7.75. The molecule has 0 saturated heterocycles. The quantitative estimate of drug-likeness (QED) is 0.915. The molecule has 0 aliphatic heterocycles. The van der Waals surface area contributed by atoms with Gasteiger partial charge in [-0.1, -0.05) is 37.5 Å². The lowest BCUT2D eigenvalue weighted by molar-refractivity contribution is -0.126. The number of nitrogens with zero attached hydrogens (tertiary/aromatic N) is 2. The first-order valence-corrected chi connectivity index (χ1v) is 8.97. The molecular formula is C20H27N3O. The number of fused-ring (bicyclic) bond motifs is 1. The number of amides is 1. The number of rotatable bonds is 5. The minimum atomic E-state index is -0.135. The molecule has 128 valence electrons. The highest BCUT2D eigenvalue weighted by Gasteiger charge is 2.22. The third kappa shape index (κ3) is 3.93. The fraction of sp³-hybridized carbons (Fsp3) is 0.500. The van der Waals surface area contributed by atoms with E-state index in [1.54, 1.807) is 0 Å². The second-order valence-corrected chi connectivity index (χ2v) is 6.95. The first-order valence-electron chi connectivity index (χ1n) is 8.97. The zero-order valence-electron chi connectivity index (χ0n) is 14.7. The highest BCUT2D eigenvalue weighted by molar-refractivity contribution is 5.85. The summed E-state index contributed by atoms with van der Waals surface area (Å²) in [5.41, 5.74) is 1.23.